The summed E-state index contributed by atoms with van der Waals surface area (Å²) >= 11 is 1.30. The first kappa shape index (κ1) is 17.1. The number of nitrogens with one attached hydrogen (secondary N) is 2. The highest BCUT2D eigenvalue weighted by molar-refractivity contribution is 7.15. The lowest BCUT2D eigenvalue weighted by atomic mass is 10.0. The van der Waals surface area contributed by atoms with Crippen LogP contribution in [0.1, 0.15) is 24.4 Å². The highest BCUT2D eigenvalue weighted by Gasteiger charge is 2.21. The van der Waals surface area contributed by atoms with Gasteiger partial charge in [0.1, 0.15) is 5.82 Å². The number of hydrogen-bond donors (Lipinski definition) is 3. The fraction of sp³-hybridized carbons (Fsp3) is 0.188. The molecule has 0 spiro atoms. The Morgan fingerprint density at radius 3 is 2.88 bits per heavy atom. The largest absolute Gasteiger partial charge is 0.464 e. The number of hydrogen-bond acceptors (Lipinski definition) is 5. The van der Waals surface area contributed by atoms with Crippen LogP contribution in [0.25, 0.3) is 16.1 Å². The average molecular weight is 362 g/mol. The fourth-order valence-electron chi connectivity index (χ4n) is 2.56. The molecule has 0 saturated heterocycles. The summed E-state index contributed by atoms with van der Waals surface area (Å²) in [5, 5.41) is 10.6. The molecule has 1 amide bonds. The number of aromatic nitrogens is 2. The van der Waals surface area contributed by atoms with Crippen molar-refractivity contribution in [3.05, 3.63) is 57.2 Å². The molecular formula is C16H15FN4O3S. The van der Waals surface area contributed by atoms with E-state index >= 15 is 0 Å². The lowest BCUT2D eigenvalue weighted by Gasteiger charge is -2.17. The number of aryl methyl sites for hydroxylation is 1. The van der Waals surface area contributed by atoms with E-state index in [1.54, 1.807) is 25.3 Å². The molecule has 0 aliphatic rings. The van der Waals surface area contributed by atoms with E-state index in [2.05, 4.69) is 15.8 Å². The van der Waals surface area contributed by atoms with Crippen LogP contribution in [0.3, 0.4) is 0 Å². The van der Waals surface area contributed by atoms with Gasteiger partial charge in [-0.3, -0.25) is 14.6 Å². The van der Waals surface area contributed by atoms with Crippen molar-refractivity contribution in [2.45, 2.75) is 19.9 Å². The monoisotopic (exact) mass is 362 g/mol. The predicted molar refractivity (Wildman–Crippen MR) is 92.2 cm³/mol. The smallest absolute Gasteiger partial charge is 0.419 e. The second kappa shape index (κ2) is 6.61. The lowest BCUT2D eigenvalue weighted by Crippen LogP contribution is -2.39. The second-order valence-electron chi connectivity index (χ2n) is 5.48. The van der Waals surface area contributed by atoms with Gasteiger partial charge in [0.15, 0.2) is 4.96 Å². The van der Waals surface area contributed by atoms with Crippen LogP contribution in [0.15, 0.2) is 34.4 Å². The molecule has 7 nitrogen and oxygen atoms in total. The SMILES string of the molecule is Cc1csc2nc(C(C)NNC(=O)O)c(-c3cccc(F)c3)c(=O)n12. The molecule has 3 rings (SSSR count). The van der Waals surface area contributed by atoms with Gasteiger partial charge in [-0.25, -0.2) is 19.6 Å². The number of halogens is 1. The Morgan fingerprint density at radius 1 is 1.44 bits per heavy atom. The molecule has 25 heavy (non-hydrogen) atoms. The molecule has 0 aliphatic carbocycles. The first-order valence-corrected chi connectivity index (χ1v) is 8.27. The van der Waals surface area contributed by atoms with Crippen molar-refractivity contribution < 1.29 is 14.3 Å². The third-order valence-corrected chi connectivity index (χ3v) is 4.63. The van der Waals surface area contributed by atoms with E-state index in [0.717, 1.165) is 5.69 Å². The van der Waals surface area contributed by atoms with Crippen molar-refractivity contribution in [1.29, 1.82) is 0 Å². The zero-order chi connectivity index (χ0) is 18.1. The van der Waals surface area contributed by atoms with Crippen molar-refractivity contribution >= 4 is 22.4 Å². The van der Waals surface area contributed by atoms with Crippen LogP contribution in [0.4, 0.5) is 9.18 Å². The summed E-state index contributed by atoms with van der Waals surface area (Å²) in [4.78, 5) is 28.7. The number of thiazole rings is 1. The molecule has 0 fully saturated rings. The maximum atomic E-state index is 13.7. The number of fused-ring (bicyclic) bond motifs is 1. The van der Waals surface area contributed by atoms with E-state index in [1.165, 1.54) is 33.9 Å². The Balaban J connectivity index is 2.25. The van der Waals surface area contributed by atoms with Crippen LogP contribution in [-0.4, -0.2) is 20.6 Å². The van der Waals surface area contributed by atoms with Gasteiger partial charge < -0.3 is 5.11 Å². The minimum Gasteiger partial charge on any atom is -0.464 e. The molecule has 3 aromatic rings. The number of benzene rings is 1. The van der Waals surface area contributed by atoms with Crippen LogP contribution in [0.2, 0.25) is 0 Å². The van der Waals surface area contributed by atoms with E-state index in [9.17, 15) is 14.0 Å². The molecule has 0 radical (unpaired) electrons. The molecule has 0 aliphatic heterocycles. The predicted octanol–water partition coefficient (Wildman–Crippen LogP) is 2.70. The van der Waals surface area contributed by atoms with Crippen LogP contribution in [0, 0.1) is 12.7 Å². The number of carbonyl (C=O) groups is 1. The van der Waals surface area contributed by atoms with E-state index < -0.39 is 18.0 Å². The van der Waals surface area contributed by atoms with E-state index in [4.69, 9.17) is 5.11 Å². The first-order chi connectivity index (χ1) is 11.9. The van der Waals surface area contributed by atoms with E-state index in [-0.39, 0.29) is 11.1 Å². The molecular weight excluding hydrogens is 347 g/mol. The molecule has 1 aromatic carbocycles. The summed E-state index contributed by atoms with van der Waals surface area (Å²) in [5.74, 6) is -0.473. The van der Waals surface area contributed by atoms with Gasteiger partial charge in [0.05, 0.1) is 17.3 Å². The topological polar surface area (TPSA) is 95.7 Å². The number of nitrogens with zero attached hydrogens (tertiary/aromatic N) is 2. The van der Waals surface area contributed by atoms with Gasteiger partial charge >= 0.3 is 6.09 Å². The van der Waals surface area contributed by atoms with Crippen molar-refractivity contribution in [1.82, 2.24) is 20.2 Å². The molecule has 0 saturated carbocycles. The molecule has 3 N–H and O–H groups in total. The van der Waals surface area contributed by atoms with E-state index in [1.807, 2.05) is 0 Å². The normalized spacial score (nSPS) is 12.3. The average Bonchev–Trinajstić information content (AvgIpc) is 2.93. The highest BCUT2D eigenvalue weighted by Crippen LogP contribution is 2.26. The van der Waals surface area contributed by atoms with Gasteiger partial charge in [-0.15, -0.1) is 11.3 Å². The quantitative estimate of drug-likeness (QED) is 0.620. The number of hydrazine groups is 1. The first-order valence-electron chi connectivity index (χ1n) is 7.39. The van der Waals surface area contributed by atoms with Gasteiger partial charge in [-0.2, -0.15) is 0 Å². The van der Waals surface area contributed by atoms with Gasteiger partial charge in [0.25, 0.3) is 5.56 Å². The summed E-state index contributed by atoms with van der Waals surface area (Å²) in [5.41, 5.74) is 5.98. The summed E-state index contributed by atoms with van der Waals surface area (Å²) in [7, 11) is 0. The van der Waals surface area contributed by atoms with Gasteiger partial charge in [0, 0.05) is 11.1 Å². The number of carboxylic acid groups (broad SMARTS) is 1. The molecule has 1 unspecified atom stereocenters. The van der Waals surface area contributed by atoms with Gasteiger partial charge in [-0.1, -0.05) is 12.1 Å². The highest BCUT2D eigenvalue weighted by atomic mass is 32.1. The van der Waals surface area contributed by atoms with Crippen LogP contribution >= 0.6 is 11.3 Å². The summed E-state index contributed by atoms with van der Waals surface area (Å²) in [6.07, 6.45) is -1.26. The van der Waals surface area contributed by atoms with Gasteiger partial charge in [0.2, 0.25) is 0 Å². The summed E-state index contributed by atoms with van der Waals surface area (Å²) in [6.45, 7) is 3.45. The molecule has 0 bridgehead atoms. The minimum atomic E-state index is -1.26. The Hall–Kier alpha value is -2.78. The van der Waals surface area contributed by atoms with Crippen molar-refractivity contribution in [3.63, 3.8) is 0 Å². The Morgan fingerprint density at radius 2 is 2.20 bits per heavy atom. The zero-order valence-corrected chi connectivity index (χ0v) is 14.2. The molecule has 2 aromatic heterocycles. The fourth-order valence-corrected chi connectivity index (χ4v) is 3.43. The van der Waals surface area contributed by atoms with Crippen LogP contribution in [-0.2, 0) is 0 Å². The van der Waals surface area contributed by atoms with Crippen molar-refractivity contribution in [2.24, 2.45) is 0 Å². The zero-order valence-electron chi connectivity index (χ0n) is 13.4. The van der Waals surface area contributed by atoms with E-state index in [0.29, 0.717) is 16.2 Å². The molecule has 1 atom stereocenters. The Kier molecular flexibility index (Phi) is 4.51. The summed E-state index contributed by atoms with van der Waals surface area (Å²) in [6, 6.07) is 5.08. The van der Waals surface area contributed by atoms with Crippen molar-refractivity contribution in [2.75, 3.05) is 0 Å². The molecule has 130 valence electrons. The third kappa shape index (κ3) is 3.24. The second-order valence-corrected chi connectivity index (χ2v) is 6.32. The van der Waals surface area contributed by atoms with Crippen molar-refractivity contribution in [3.8, 4) is 11.1 Å². The Bertz CT molecular complexity index is 1010. The van der Waals surface area contributed by atoms with Gasteiger partial charge in [-0.05, 0) is 31.5 Å². The van der Waals surface area contributed by atoms with Crippen LogP contribution in [0.5, 0.6) is 0 Å². The standard InChI is InChI=1S/C16H15FN4O3S/c1-8-7-25-15-18-13(9(2)19-20-16(23)24)12(14(22)21(8)15)10-4-3-5-11(17)6-10/h3-7,9,19-20H,1-2H3,(H,23,24). The van der Waals surface area contributed by atoms with Crippen LogP contribution < -0.4 is 16.4 Å². The number of amides is 1. The molecule has 2 heterocycles. The molecule has 9 heteroatoms. The third-order valence-electron chi connectivity index (χ3n) is 3.69. The maximum Gasteiger partial charge on any atom is 0.419 e. The Labute approximate surface area is 145 Å². The summed E-state index contributed by atoms with van der Waals surface area (Å²) < 4.78 is 15.1. The maximum absolute atomic E-state index is 13.7. The lowest BCUT2D eigenvalue weighted by molar-refractivity contribution is 0.186. The minimum absolute atomic E-state index is 0.227. The number of rotatable bonds is 4.